The summed E-state index contributed by atoms with van der Waals surface area (Å²) in [6.45, 7) is 8.59. The maximum Gasteiger partial charge on any atom is 0.214 e. The minimum Gasteiger partial charge on any atom is -0.215 e. The lowest BCUT2D eigenvalue weighted by atomic mass is 10.2. The molecule has 168 valence electrons. The van der Waals surface area contributed by atoms with Crippen molar-refractivity contribution < 1.29 is 25.3 Å². The zero-order valence-corrected chi connectivity index (χ0v) is 19.8. The number of hydrogen-bond acceptors (Lipinski definition) is 6. The lowest BCUT2D eigenvalue weighted by Crippen LogP contribution is -2.38. The third-order valence-electron chi connectivity index (χ3n) is 4.96. The highest BCUT2D eigenvalue weighted by Crippen LogP contribution is 2.36. The van der Waals surface area contributed by atoms with E-state index in [1.807, 2.05) is 6.92 Å². The Morgan fingerprint density at radius 1 is 0.821 bits per heavy atom. The lowest BCUT2D eigenvalue weighted by molar-refractivity contribution is 0.541. The van der Waals surface area contributed by atoms with Gasteiger partial charge in [-0.05, 0) is 59.3 Å². The Kier molecular flexibility index (Phi) is 9.35. The molecule has 0 aromatic carbocycles. The minimum atomic E-state index is -3.60. The summed E-state index contributed by atoms with van der Waals surface area (Å²) in [5, 5.41) is -1.91. The molecule has 0 spiro atoms. The van der Waals surface area contributed by atoms with Crippen molar-refractivity contribution in [1.82, 2.24) is 14.2 Å². The molecule has 0 saturated heterocycles. The molecule has 3 N–H and O–H groups in total. The van der Waals surface area contributed by atoms with Gasteiger partial charge in [-0.25, -0.2) is 39.4 Å². The highest BCUT2D eigenvalue weighted by atomic mass is 32.2. The van der Waals surface area contributed by atoms with Crippen LogP contribution >= 0.6 is 0 Å². The molecule has 4 atom stereocenters. The molecule has 0 aromatic rings. The van der Waals surface area contributed by atoms with Gasteiger partial charge in [-0.3, -0.25) is 0 Å². The Morgan fingerprint density at radius 3 is 1.93 bits per heavy atom. The van der Waals surface area contributed by atoms with Crippen LogP contribution in [0, 0.1) is 5.92 Å². The molecule has 0 bridgehead atoms. The standard InChI is InChI=1S/C16H35N3O6S3/c1-6-8-17-27(22,23)14(5)10-15-11-16(15)19-28(24,25)13(4)7-9-18-26(20,21)12(2)3/h12-19H,6-11H2,1-5H3. The fraction of sp³-hybridized carbons (Fsp3) is 1.00. The van der Waals surface area contributed by atoms with Gasteiger partial charge in [-0.2, -0.15) is 0 Å². The van der Waals surface area contributed by atoms with E-state index in [9.17, 15) is 25.3 Å². The van der Waals surface area contributed by atoms with Crippen molar-refractivity contribution in [3.8, 4) is 0 Å². The zero-order chi connectivity index (χ0) is 21.8. The molecule has 0 aromatic heterocycles. The van der Waals surface area contributed by atoms with Gasteiger partial charge < -0.3 is 0 Å². The van der Waals surface area contributed by atoms with E-state index in [1.54, 1.807) is 20.8 Å². The number of hydrogen-bond donors (Lipinski definition) is 3. The van der Waals surface area contributed by atoms with Crippen LogP contribution in [0.4, 0.5) is 0 Å². The third-order valence-corrected chi connectivity index (χ3v) is 10.6. The van der Waals surface area contributed by atoms with Gasteiger partial charge in [0.25, 0.3) is 0 Å². The second kappa shape index (κ2) is 10.2. The summed E-state index contributed by atoms with van der Waals surface area (Å²) in [5.74, 6) is -0.00498. The van der Waals surface area contributed by atoms with E-state index in [2.05, 4.69) is 14.2 Å². The van der Waals surface area contributed by atoms with Crippen molar-refractivity contribution in [2.45, 2.75) is 82.1 Å². The molecule has 9 nitrogen and oxygen atoms in total. The van der Waals surface area contributed by atoms with Crippen LogP contribution in [-0.4, -0.2) is 60.1 Å². The number of rotatable bonds is 14. The lowest BCUT2D eigenvalue weighted by Gasteiger charge is -2.16. The molecule has 4 unspecified atom stereocenters. The van der Waals surface area contributed by atoms with E-state index in [-0.39, 0.29) is 24.9 Å². The SMILES string of the molecule is CCCNS(=O)(=O)C(C)CC1CC1NS(=O)(=O)C(C)CCNS(=O)(=O)C(C)C. The highest BCUT2D eigenvalue weighted by molar-refractivity contribution is 7.90. The van der Waals surface area contributed by atoms with Crippen molar-refractivity contribution in [1.29, 1.82) is 0 Å². The smallest absolute Gasteiger partial charge is 0.214 e. The first kappa shape index (κ1) is 25.8. The van der Waals surface area contributed by atoms with Gasteiger partial charge >= 0.3 is 0 Å². The monoisotopic (exact) mass is 461 g/mol. The van der Waals surface area contributed by atoms with Crippen LogP contribution < -0.4 is 14.2 Å². The summed E-state index contributed by atoms with van der Waals surface area (Å²) >= 11 is 0. The van der Waals surface area contributed by atoms with Crippen LogP contribution in [0.15, 0.2) is 0 Å². The van der Waals surface area contributed by atoms with Crippen LogP contribution in [0.25, 0.3) is 0 Å². The molecule has 0 heterocycles. The molecule has 1 saturated carbocycles. The summed E-state index contributed by atoms with van der Waals surface area (Å²) in [6, 6.07) is -0.261. The number of sulfonamides is 3. The molecule has 1 fully saturated rings. The Morgan fingerprint density at radius 2 is 1.39 bits per heavy atom. The summed E-state index contributed by atoms with van der Waals surface area (Å²) in [6.07, 6.45) is 1.88. The van der Waals surface area contributed by atoms with Crippen molar-refractivity contribution >= 4 is 30.1 Å². The molecular formula is C16H35N3O6S3. The number of nitrogens with one attached hydrogen (secondary N) is 3. The van der Waals surface area contributed by atoms with E-state index >= 15 is 0 Å². The molecule has 0 aliphatic heterocycles. The third kappa shape index (κ3) is 7.86. The average molecular weight is 462 g/mol. The van der Waals surface area contributed by atoms with Crippen molar-refractivity contribution in [3.05, 3.63) is 0 Å². The van der Waals surface area contributed by atoms with Gasteiger partial charge in [0.1, 0.15) is 0 Å². The van der Waals surface area contributed by atoms with Gasteiger partial charge in [-0.15, -0.1) is 0 Å². The van der Waals surface area contributed by atoms with Crippen LogP contribution in [0.3, 0.4) is 0 Å². The van der Waals surface area contributed by atoms with Crippen LogP contribution in [0.1, 0.15) is 60.3 Å². The molecule has 1 aliphatic rings. The fourth-order valence-electron chi connectivity index (χ4n) is 2.65. The molecule has 12 heteroatoms. The van der Waals surface area contributed by atoms with Gasteiger partial charge in [0, 0.05) is 19.1 Å². The summed E-state index contributed by atoms with van der Waals surface area (Å²) in [4.78, 5) is 0. The van der Waals surface area contributed by atoms with Gasteiger partial charge in [0.05, 0.1) is 15.7 Å². The summed E-state index contributed by atoms with van der Waals surface area (Å²) in [5.41, 5.74) is 0. The molecule has 0 amide bonds. The largest absolute Gasteiger partial charge is 0.215 e. The molecule has 1 aliphatic carbocycles. The van der Waals surface area contributed by atoms with Crippen molar-refractivity contribution in [2.75, 3.05) is 13.1 Å². The van der Waals surface area contributed by atoms with Gasteiger partial charge in [0.2, 0.25) is 30.1 Å². The second-order valence-electron chi connectivity index (χ2n) is 7.84. The molecular weight excluding hydrogens is 426 g/mol. The van der Waals surface area contributed by atoms with Gasteiger partial charge in [-0.1, -0.05) is 6.92 Å². The molecule has 28 heavy (non-hydrogen) atoms. The minimum absolute atomic E-state index is 0.00498. The predicted octanol–water partition coefficient (Wildman–Crippen LogP) is 0.509. The van der Waals surface area contributed by atoms with Crippen molar-refractivity contribution in [2.24, 2.45) is 5.92 Å². The normalized spacial score (nSPS) is 22.9. The molecule has 1 rings (SSSR count). The Labute approximate surface area is 170 Å². The Hall–Kier alpha value is -0.270. The van der Waals surface area contributed by atoms with E-state index in [0.717, 1.165) is 0 Å². The van der Waals surface area contributed by atoms with E-state index in [1.165, 1.54) is 6.92 Å². The second-order valence-corrected chi connectivity index (χ2v) is 14.5. The first-order chi connectivity index (χ1) is 12.7. The van der Waals surface area contributed by atoms with E-state index in [0.29, 0.717) is 25.8 Å². The quantitative estimate of drug-likeness (QED) is 0.344. The topological polar surface area (TPSA) is 139 Å². The van der Waals surface area contributed by atoms with Gasteiger partial charge in [0.15, 0.2) is 0 Å². The average Bonchev–Trinajstić information content (AvgIpc) is 3.28. The maximum atomic E-state index is 12.4. The Balaban J connectivity index is 2.47. The van der Waals surface area contributed by atoms with Crippen LogP contribution in [0.5, 0.6) is 0 Å². The predicted molar refractivity (Wildman–Crippen MR) is 111 cm³/mol. The highest BCUT2D eigenvalue weighted by Gasteiger charge is 2.43. The van der Waals surface area contributed by atoms with Crippen LogP contribution in [-0.2, 0) is 30.1 Å². The van der Waals surface area contributed by atoms with Crippen LogP contribution in [0.2, 0.25) is 0 Å². The fourth-order valence-corrected chi connectivity index (χ4v) is 6.03. The first-order valence-corrected chi connectivity index (χ1v) is 14.3. The van der Waals surface area contributed by atoms with E-state index in [4.69, 9.17) is 0 Å². The van der Waals surface area contributed by atoms with Crippen molar-refractivity contribution in [3.63, 3.8) is 0 Å². The molecule has 0 radical (unpaired) electrons. The first-order valence-electron chi connectivity index (χ1n) is 9.71. The summed E-state index contributed by atoms with van der Waals surface area (Å²) in [7, 11) is -10.4. The summed E-state index contributed by atoms with van der Waals surface area (Å²) < 4.78 is 80.0. The Bertz CT molecular complexity index is 809. The maximum absolute atomic E-state index is 12.4. The zero-order valence-electron chi connectivity index (χ0n) is 17.3. The van der Waals surface area contributed by atoms with E-state index < -0.39 is 45.8 Å².